The number of aromatic nitrogens is 1. The highest BCUT2D eigenvalue weighted by atomic mass is 79.9. The molecule has 3 heteroatoms. The van der Waals surface area contributed by atoms with E-state index in [1.165, 1.54) is 10.9 Å². The summed E-state index contributed by atoms with van der Waals surface area (Å²) in [5, 5.41) is 4.68. The van der Waals surface area contributed by atoms with E-state index in [0.717, 1.165) is 27.9 Å². The van der Waals surface area contributed by atoms with Gasteiger partial charge in [0.05, 0.1) is 5.52 Å². The molecule has 0 aliphatic carbocycles. The Morgan fingerprint density at radius 1 is 1.05 bits per heavy atom. The second-order valence-electron chi connectivity index (χ2n) is 4.77. The molecule has 0 fully saturated rings. The number of hydrogen-bond acceptors (Lipinski definition) is 2. The number of benzene rings is 2. The topological polar surface area (TPSA) is 24.9 Å². The Kier molecular flexibility index (Phi) is 3.70. The third-order valence-electron chi connectivity index (χ3n) is 3.27. The highest BCUT2D eigenvalue weighted by Crippen LogP contribution is 2.24. The first-order valence-electron chi connectivity index (χ1n) is 6.58. The first-order chi connectivity index (χ1) is 9.74. The number of fused-ring (bicyclic) bond motifs is 1. The number of para-hydroxylation sites is 2. The molecule has 0 bridgehead atoms. The van der Waals surface area contributed by atoms with Crippen molar-refractivity contribution < 1.29 is 0 Å². The molecular formula is C17H15BrN2. The molecule has 3 rings (SSSR count). The fourth-order valence-corrected chi connectivity index (χ4v) is 2.76. The molecule has 2 nitrogen and oxygen atoms in total. The van der Waals surface area contributed by atoms with Crippen LogP contribution in [0.5, 0.6) is 0 Å². The molecule has 0 saturated heterocycles. The van der Waals surface area contributed by atoms with E-state index in [4.69, 9.17) is 0 Å². The quantitative estimate of drug-likeness (QED) is 0.739. The normalized spacial score (nSPS) is 10.7. The Balaban J connectivity index is 1.93. The molecule has 0 spiro atoms. The highest BCUT2D eigenvalue weighted by Gasteiger charge is 2.04. The first-order valence-corrected chi connectivity index (χ1v) is 7.37. The van der Waals surface area contributed by atoms with Crippen molar-refractivity contribution in [3.8, 4) is 0 Å². The van der Waals surface area contributed by atoms with Crippen LogP contribution in [0.3, 0.4) is 0 Å². The molecule has 1 aromatic heterocycles. The SMILES string of the molecule is Cc1cc(CNc2ccccc2Br)c2ccccc2n1. The van der Waals surface area contributed by atoms with Crippen molar-refractivity contribution >= 4 is 32.5 Å². The number of nitrogens with zero attached hydrogens (tertiary/aromatic N) is 1. The van der Waals surface area contributed by atoms with Crippen molar-refractivity contribution in [2.75, 3.05) is 5.32 Å². The zero-order valence-electron chi connectivity index (χ0n) is 11.2. The number of halogens is 1. The molecule has 0 unspecified atom stereocenters. The van der Waals surface area contributed by atoms with Crippen LogP contribution in [0.2, 0.25) is 0 Å². The lowest BCUT2D eigenvalue weighted by atomic mass is 10.1. The number of anilines is 1. The summed E-state index contributed by atoms with van der Waals surface area (Å²) >= 11 is 3.56. The summed E-state index contributed by atoms with van der Waals surface area (Å²) in [5.41, 5.74) is 4.47. The van der Waals surface area contributed by atoms with Gasteiger partial charge in [0.2, 0.25) is 0 Å². The van der Waals surface area contributed by atoms with Gasteiger partial charge in [0, 0.05) is 27.8 Å². The minimum Gasteiger partial charge on any atom is -0.380 e. The predicted octanol–water partition coefficient (Wildman–Crippen LogP) is 4.92. The Bertz CT molecular complexity index is 753. The number of hydrogen-bond donors (Lipinski definition) is 1. The monoisotopic (exact) mass is 326 g/mol. The van der Waals surface area contributed by atoms with Gasteiger partial charge in [-0.25, -0.2) is 0 Å². The van der Waals surface area contributed by atoms with Gasteiger partial charge >= 0.3 is 0 Å². The Labute approximate surface area is 127 Å². The van der Waals surface area contributed by atoms with Crippen LogP contribution in [0.1, 0.15) is 11.3 Å². The summed E-state index contributed by atoms with van der Waals surface area (Å²) < 4.78 is 1.08. The first kappa shape index (κ1) is 13.1. The number of rotatable bonds is 3. The zero-order chi connectivity index (χ0) is 13.9. The zero-order valence-corrected chi connectivity index (χ0v) is 12.8. The molecule has 20 heavy (non-hydrogen) atoms. The number of nitrogens with one attached hydrogen (secondary N) is 1. The molecule has 0 amide bonds. The average molecular weight is 327 g/mol. The second-order valence-corrected chi connectivity index (χ2v) is 5.63. The summed E-state index contributed by atoms with van der Waals surface area (Å²) in [4.78, 5) is 4.57. The molecular weight excluding hydrogens is 312 g/mol. The standard InChI is InChI=1S/C17H15BrN2/c1-12-10-13(14-6-2-4-8-16(14)20-12)11-19-17-9-5-3-7-15(17)18/h2-10,19H,11H2,1H3. The molecule has 1 heterocycles. The van der Waals surface area contributed by atoms with Crippen LogP contribution in [0.4, 0.5) is 5.69 Å². The van der Waals surface area contributed by atoms with Gasteiger partial charge in [-0.2, -0.15) is 0 Å². The van der Waals surface area contributed by atoms with E-state index >= 15 is 0 Å². The molecule has 0 atom stereocenters. The van der Waals surface area contributed by atoms with E-state index in [1.54, 1.807) is 0 Å². The largest absolute Gasteiger partial charge is 0.380 e. The van der Waals surface area contributed by atoms with Crippen LogP contribution < -0.4 is 5.32 Å². The van der Waals surface area contributed by atoms with Crippen LogP contribution in [-0.4, -0.2) is 4.98 Å². The van der Waals surface area contributed by atoms with Crippen molar-refractivity contribution in [1.29, 1.82) is 0 Å². The van der Waals surface area contributed by atoms with Gasteiger partial charge in [-0.1, -0.05) is 30.3 Å². The number of aryl methyl sites for hydroxylation is 1. The van der Waals surface area contributed by atoms with E-state index < -0.39 is 0 Å². The minimum atomic E-state index is 0.784. The van der Waals surface area contributed by atoms with Gasteiger partial charge in [-0.05, 0) is 52.7 Å². The molecule has 3 aromatic rings. The lowest BCUT2D eigenvalue weighted by Gasteiger charge is -2.11. The predicted molar refractivity (Wildman–Crippen MR) is 87.9 cm³/mol. The van der Waals surface area contributed by atoms with Crippen LogP contribution in [0, 0.1) is 6.92 Å². The third-order valence-corrected chi connectivity index (χ3v) is 3.96. The van der Waals surface area contributed by atoms with Gasteiger partial charge in [0.25, 0.3) is 0 Å². The maximum atomic E-state index is 4.57. The maximum Gasteiger partial charge on any atom is 0.0708 e. The van der Waals surface area contributed by atoms with E-state index in [2.05, 4.69) is 56.6 Å². The van der Waals surface area contributed by atoms with Crippen molar-refractivity contribution in [2.24, 2.45) is 0 Å². The van der Waals surface area contributed by atoms with Crippen LogP contribution in [-0.2, 0) is 6.54 Å². The van der Waals surface area contributed by atoms with Gasteiger partial charge in [0.1, 0.15) is 0 Å². The van der Waals surface area contributed by atoms with Crippen molar-refractivity contribution in [2.45, 2.75) is 13.5 Å². The molecule has 100 valence electrons. The third kappa shape index (κ3) is 2.68. The summed E-state index contributed by atoms with van der Waals surface area (Å²) in [7, 11) is 0. The van der Waals surface area contributed by atoms with Crippen LogP contribution in [0.25, 0.3) is 10.9 Å². The Morgan fingerprint density at radius 2 is 1.80 bits per heavy atom. The van der Waals surface area contributed by atoms with E-state index in [0.29, 0.717) is 0 Å². The lowest BCUT2D eigenvalue weighted by molar-refractivity contribution is 1.13. The molecule has 0 radical (unpaired) electrons. The number of pyridine rings is 1. The van der Waals surface area contributed by atoms with Gasteiger partial charge in [0.15, 0.2) is 0 Å². The summed E-state index contributed by atoms with van der Waals surface area (Å²) in [6, 6.07) is 18.6. The van der Waals surface area contributed by atoms with E-state index in [-0.39, 0.29) is 0 Å². The smallest absolute Gasteiger partial charge is 0.0708 e. The van der Waals surface area contributed by atoms with Crippen LogP contribution >= 0.6 is 15.9 Å². The van der Waals surface area contributed by atoms with Crippen molar-refractivity contribution in [1.82, 2.24) is 4.98 Å². The average Bonchev–Trinajstić information content (AvgIpc) is 2.46. The van der Waals surface area contributed by atoms with Crippen LogP contribution in [0.15, 0.2) is 59.1 Å². The molecule has 0 aliphatic heterocycles. The van der Waals surface area contributed by atoms with Gasteiger partial charge < -0.3 is 5.32 Å². The molecule has 0 saturated carbocycles. The summed E-state index contributed by atoms with van der Waals surface area (Å²) in [6.07, 6.45) is 0. The van der Waals surface area contributed by atoms with Crippen molar-refractivity contribution in [3.05, 3.63) is 70.3 Å². The molecule has 2 aromatic carbocycles. The minimum absolute atomic E-state index is 0.784. The molecule has 0 aliphatic rings. The second kappa shape index (κ2) is 5.63. The van der Waals surface area contributed by atoms with E-state index in [1.807, 2.05) is 31.2 Å². The maximum absolute atomic E-state index is 4.57. The summed E-state index contributed by atoms with van der Waals surface area (Å²) in [6.45, 7) is 2.82. The Hall–Kier alpha value is -1.87. The summed E-state index contributed by atoms with van der Waals surface area (Å²) in [5.74, 6) is 0. The lowest BCUT2D eigenvalue weighted by Crippen LogP contribution is -2.02. The molecule has 1 N–H and O–H groups in total. The fraction of sp³-hybridized carbons (Fsp3) is 0.118. The van der Waals surface area contributed by atoms with Gasteiger partial charge in [-0.15, -0.1) is 0 Å². The van der Waals surface area contributed by atoms with E-state index in [9.17, 15) is 0 Å². The highest BCUT2D eigenvalue weighted by molar-refractivity contribution is 9.10. The van der Waals surface area contributed by atoms with Gasteiger partial charge in [-0.3, -0.25) is 4.98 Å². The fourth-order valence-electron chi connectivity index (χ4n) is 2.34. The van der Waals surface area contributed by atoms with Crippen molar-refractivity contribution in [3.63, 3.8) is 0 Å². The Morgan fingerprint density at radius 3 is 2.65 bits per heavy atom.